The van der Waals surface area contributed by atoms with Gasteiger partial charge in [0.25, 0.3) is 0 Å². The van der Waals surface area contributed by atoms with Crippen molar-refractivity contribution in [2.75, 3.05) is 14.2 Å². The Bertz CT molecular complexity index is 770. The summed E-state index contributed by atoms with van der Waals surface area (Å²) in [6.45, 7) is 0. The van der Waals surface area contributed by atoms with Crippen LogP contribution in [0.3, 0.4) is 0 Å². The molecule has 0 bridgehead atoms. The number of methoxy groups -OCH3 is 2. The van der Waals surface area contributed by atoms with Gasteiger partial charge < -0.3 is 13.9 Å². The predicted octanol–water partition coefficient (Wildman–Crippen LogP) is 2.55. The molecule has 3 rings (SSSR count). The molecule has 3 heterocycles. The van der Waals surface area contributed by atoms with Crippen LogP contribution in [0.2, 0.25) is 0 Å². The highest BCUT2D eigenvalue weighted by atomic mass is 19.1. The molecule has 0 aliphatic heterocycles. The van der Waals surface area contributed by atoms with Gasteiger partial charge in [-0.1, -0.05) is 0 Å². The van der Waals surface area contributed by atoms with Gasteiger partial charge in [0.15, 0.2) is 5.82 Å². The number of nitrogens with zero attached hydrogens (tertiary/aromatic N) is 3. The van der Waals surface area contributed by atoms with Crippen molar-refractivity contribution < 1.29 is 13.9 Å². The number of pyridine rings is 2. The summed E-state index contributed by atoms with van der Waals surface area (Å²) in [6.07, 6.45) is 5.13. The van der Waals surface area contributed by atoms with E-state index in [-0.39, 0.29) is 5.88 Å². The maximum Gasteiger partial charge on any atom is 0.250 e. The van der Waals surface area contributed by atoms with Gasteiger partial charge in [0.1, 0.15) is 11.4 Å². The first-order valence-electron chi connectivity index (χ1n) is 5.94. The van der Waals surface area contributed by atoms with E-state index in [4.69, 9.17) is 9.47 Å². The molecule has 102 valence electrons. The number of rotatable bonds is 3. The Kier molecular flexibility index (Phi) is 2.98. The van der Waals surface area contributed by atoms with Crippen molar-refractivity contribution >= 4 is 5.65 Å². The summed E-state index contributed by atoms with van der Waals surface area (Å²) < 4.78 is 25.4. The number of halogens is 1. The van der Waals surface area contributed by atoms with E-state index in [2.05, 4.69) is 9.97 Å². The van der Waals surface area contributed by atoms with Gasteiger partial charge in [0.2, 0.25) is 5.88 Å². The summed E-state index contributed by atoms with van der Waals surface area (Å²) in [5.74, 6) is 0.180. The summed E-state index contributed by atoms with van der Waals surface area (Å²) in [4.78, 5) is 8.32. The van der Waals surface area contributed by atoms with Crippen LogP contribution in [-0.4, -0.2) is 28.6 Å². The van der Waals surface area contributed by atoms with E-state index >= 15 is 0 Å². The number of aromatic nitrogens is 3. The average Bonchev–Trinajstić information content (AvgIpc) is 2.89. The maximum atomic E-state index is 13.7. The molecule has 0 fully saturated rings. The Balaban J connectivity index is 2.07. The smallest absolute Gasteiger partial charge is 0.250 e. The van der Waals surface area contributed by atoms with Gasteiger partial charge >= 0.3 is 0 Å². The lowest BCUT2D eigenvalue weighted by molar-refractivity contribution is 0.369. The largest absolute Gasteiger partial charge is 0.495 e. The van der Waals surface area contributed by atoms with Crippen molar-refractivity contribution in [1.29, 1.82) is 0 Å². The molecular weight excluding hydrogens is 261 g/mol. The highest BCUT2D eigenvalue weighted by molar-refractivity contribution is 5.62. The highest BCUT2D eigenvalue weighted by Gasteiger charge is 2.10. The lowest BCUT2D eigenvalue weighted by atomic mass is 10.2. The van der Waals surface area contributed by atoms with Crippen LogP contribution in [0.4, 0.5) is 4.39 Å². The second-order valence-corrected chi connectivity index (χ2v) is 4.18. The molecule has 0 saturated carbocycles. The Morgan fingerprint density at radius 2 is 2.00 bits per heavy atom. The summed E-state index contributed by atoms with van der Waals surface area (Å²) in [5, 5.41) is 0. The molecule has 0 radical (unpaired) electrons. The number of imidazole rings is 1. The molecule has 0 N–H and O–H groups in total. The lowest BCUT2D eigenvalue weighted by Gasteiger charge is -2.01. The molecule has 0 aliphatic carbocycles. The van der Waals surface area contributed by atoms with Crippen molar-refractivity contribution in [1.82, 2.24) is 14.4 Å². The van der Waals surface area contributed by atoms with Crippen molar-refractivity contribution in [2.24, 2.45) is 0 Å². The number of hydrogen-bond donors (Lipinski definition) is 0. The molecule has 0 atom stereocenters. The topological polar surface area (TPSA) is 48.7 Å². The first-order chi connectivity index (χ1) is 9.71. The maximum absolute atomic E-state index is 13.7. The van der Waals surface area contributed by atoms with E-state index in [1.807, 2.05) is 16.5 Å². The van der Waals surface area contributed by atoms with Crippen LogP contribution in [0.5, 0.6) is 11.6 Å². The standard InChI is InChI=1S/C14H12FN3O2/c1-19-10-3-4-13-17-12(8-18(13)7-10)9-5-11(15)14(20-2)16-6-9/h3-8H,1-2H3. The summed E-state index contributed by atoms with van der Waals surface area (Å²) in [6, 6.07) is 5.00. The Morgan fingerprint density at radius 1 is 1.15 bits per heavy atom. The third-order valence-electron chi connectivity index (χ3n) is 2.96. The third-order valence-corrected chi connectivity index (χ3v) is 2.96. The zero-order valence-electron chi connectivity index (χ0n) is 11.0. The van der Waals surface area contributed by atoms with Crippen molar-refractivity contribution in [3.8, 4) is 22.9 Å². The molecule has 0 spiro atoms. The molecule has 0 aliphatic rings. The minimum atomic E-state index is -0.514. The lowest BCUT2D eigenvalue weighted by Crippen LogP contribution is -1.92. The fraction of sp³-hybridized carbons (Fsp3) is 0.143. The van der Waals surface area contributed by atoms with Crippen molar-refractivity contribution in [3.05, 3.63) is 42.6 Å². The van der Waals surface area contributed by atoms with Gasteiger partial charge in [-0.05, 0) is 18.2 Å². The Morgan fingerprint density at radius 3 is 2.70 bits per heavy atom. The van der Waals surface area contributed by atoms with E-state index in [1.54, 1.807) is 19.5 Å². The SMILES string of the molecule is COc1ccc2nc(-c3cnc(OC)c(F)c3)cn2c1. The van der Waals surface area contributed by atoms with Crippen LogP contribution in [0.15, 0.2) is 36.8 Å². The normalized spacial score (nSPS) is 10.8. The fourth-order valence-electron chi connectivity index (χ4n) is 1.95. The third kappa shape index (κ3) is 2.05. The molecule has 3 aromatic rings. The van der Waals surface area contributed by atoms with Crippen LogP contribution in [0.25, 0.3) is 16.9 Å². The van der Waals surface area contributed by atoms with Crippen LogP contribution in [0, 0.1) is 5.82 Å². The first kappa shape index (κ1) is 12.4. The summed E-state index contributed by atoms with van der Waals surface area (Å²) in [7, 11) is 2.98. The summed E-state index contributed by atoms with van der Waals surface area (Å²) in [5.41, 5.74) is 1.97. The minimum Gasteiger partial charge on any atom is -0.495 e. The van der Waals surface area contributed by atoms with E-state index in [1.165, 1.54) is 19.4 Å². The Labute approximate surface area is 114 Å². The highest BCUT2D eigenvalue weighted by Crippen LogP contribution is 2.23. The monoisotopic (exact) mass is 273 g/mol. The average molecular weight is 273 g/mol. The van der Waals surface area contributed by atoms with Gasteiger partial charge in [-0.25, -0.2) is 14.4 Å². The second-order valence-electron chi connectivity index (χ2n) is 4.18. The molecule has 20 heavy (non-hydrogen) atoms. The van der Waals surface area contributed by atoms with Crippen LogP contribution in [-0.2, 0) is 0 Å². The van der Waals surface area contributed by atoms with E-state index in [0.717, 1.165) is 11.4 Å². The van der Waals surface area contributed by atoms with Crippen LogP contribution in [0.1, 0.15) is 0 Å². The molecule has 3 aromatic heterocycles. The van der Waals surface area contributed by atoms with Crippen LogP contribution >= 0.6 is 0 Å². The second kappa shape index (κ2) is 4.80. The van der Waals surface area contributed by atoms with Gasteiger partial charge in [-0.3, -0.25) is 0 Å². The molecule has 6 heteroatoms. The van der Waals surface area contributed by atoms with E-state index in [0.29, 0.717) is 11.3 Å². The van der Waals surface area contributed by atoms with Gasteiger partial charge in [-0.15, -0.1) is 0 Å². The molecular formula is C14H12FN3O2. The van der Waals surface area contributed by atoms with E-state index < -0.39 is 5.82 Å². The summed E-state index contributed by atoms with van der Waals surface area (Å²) >= 11 is 0. The predicted molar refractivity (Wildman–Crippen MR) is 71.5 cm³/mol. The zero-order chi connectivity index (χ0) is 14.1. The minimum absolute atomic E-state index is 0.0285. The fourth-order valence-corrected chi connectivity index (χ4v) is 1.95. The van der Waals surface area contributed by atoms with Crippen molar-refractivity contribution in [3.63, 3.8) is 0 Å². The molecule has 0 amide bonds. The van der Waals surface area contributed by atoms with Gasteiger partial charge in [0.05, 0.1) is 26.1 Å². The quantitative estimate of drug-likeness (QED) is 0.736. The molecule has 0 saturated heterocycles. The van der Waals surface area contributed by atoms with Crippen LogP contribution < -0.4 is 9.47 Å². The zero-order valence-corrected chi connectivity index (χ0v) is 11.0. The van der Waals surface area contributed by atoms with Gasteiger partial charge in [0, 0.05) is 18.0 Å². The van der Waals surface area contributed by atoms with Crippen molar-refractivity contribution in [2.45, 2.75) is 0 Å². The van der Waals surface area contributed by atoms with E-state index in [9.17, 15) is 4.39 Å². The molecule has 0 unspecified atom stereocenters. The number of ether oxygens (including phenoxy) is 2. The molecule has 5 nitrogen and oxygen atoms in total. The Hall–Kier alpha value is -2.63. The first-order valence-corrected chi connectivity index (χ1v) is 5.94. The molecule has 0 aromatic carbocycles. The van der Waals surface area contributed by atoms with Gasteiger partial charge in [-0.2, -0.15) is 0 Å². The number of fused-ring (bicyclic) bond motifs is 1. The number of hydrogen-bond acceptors (Lipinski definition) is 4.